The van der Waals surface area contributed by atoms with Gasteiger partial charge in [-0.15, -0.1) is 11.3 Å². The molecule has 9 aromatic carbocycles. The van der Waals surface area contributed by atoms with Crippen LogP contribution in [-0.2, 0) is 5.41 Å². The first-order valence-corrected chi connectivity index (χ1v) is 21.6. The standard InChI is InChI=1S/C57H37NOS/c1-57(2)48-20-8-6-15-45(48)53-49(57)29-28-44-43-19-11-17-40(55(43)60-56(44)53)35-24-22-34(23-25-35)36-26-30-50-46(32-36)47-33-37(27-31-51(47)58(50)38-12-4-3-5-13-38)39-16-10-18-42-41-14-7-9-21-52(41)59-54(39)42/h3-33H,1-2H3. The van der Waals surface area contributed by atoms with E-state index in [4.69, 9.17) is 4.42 Å². The van der Waals surface area contributed by atoms with Crippen LogP contribution in [-0.4, -0.2) is 4.57 Å². The fourth-order valence-corrected chi connectivity index (χ4v) is 11.7. The maximum Gasteiger partial charge on any atom is 0.143 e. The molecule has 0 amide bonds. The van der Waals surface area contributed by atoms with Gasteiger partial charge in [0.2, 0.25) is 0 Å². The molecule has 0 saturated carbocycles. The molecule has 2 nitrogen and oxygen atoms in total. The molecule has 0 bridgehead atoms. The summed E-state index contributed by atoms with van der Waals surface area (Å²) in [5.41, 5.74) is 18.1. The Morgan fingerprint density at radius 3 is 1.87 bits per heavy atom. The molecule has 1 aliphatic carbocycles. The predicted octanol–water partition coefficient (Wildman–Crippen LogP) is 16.4. The number of aromatic nitrogens is 1. The van der Waals surface area contributed by atoms with E-state index in [9.17, 15) is 0 Å². The molecule has 13 rings (SSSR count). The minimum Gasteiger partial charge on any atom is -0.455 e. The van der Waals surface area contributed by atoms with Crippen LogP contribution in [0, 0.1) is 0 Å². The molecule has 0 unspecified atom stereocenters. The molecule has 282 valence electrons. The molecule has 60 heavy (non-hydrogen) atoms. The van der Waals surface area contributed by atoms with E-state index in [1.807, 2.05) is 17.4 Å². The summed E-state index contributed by atoms with van der Waals surface area (Å²) >= 11 is 1.95. The van der Waals surface area contributed by atoms with Crippen molar-refractivity contribution in [3.8, 4) is 50.2 Å². The summed E-state index contributed by atoms with van der Waals surface area (Å²) in [5, 5.41) is 7.40. The van der Waals surface area contributed by atoms with Crippen molar-refractivity contribution in [2.24, 2.45) is 0 Å². The van der Waals surface area contributed by atoms with Crippen LogP contribution in [0.4, 0.5) is 0 Å². The lowest BCUT2D eigenvalue weighted by atomic mass is 9.82. The van der Waals surface area contributed by atoms with Gasteiger partial charge in [-0.05, 0) is 87.0 Å². The molecule has 0 saturated heterocycles. The van der Waals surface area contributed by atoms with E-state index in [0.29, 0.717) is 0 Å². The van der Waals surface area contributed by atoms with Crippen LogP contribution in [0.2, 0.25) is 0 Å². The van der Waals surface area contributed by atoms with Crippen LogP contribution in [0.25, 0.3) is 114 Å². The average molecular weight is 784 g/mol. The molecule has 3 heteroatoms. The summed E-state index contributed by atoms with van der Waals surface area (Å²) in [6.45, 7) is 4.73. The molecule has 0 fully saturated rings. The normalized spacial score (nSPS) is 13.3. The number of para-hydroxylation sites is 3. The molecule has 3 heterocycles. The number of furan rings is 1. The van der Waals surface area contributed by atoms with Crippen molar-refractivity contribution in [2.75, 3.05) is 0 Å². The molecular formula is C57H37NOS. The van der Waals surface area contributed by atoms with Crippen LogP contribution in [0.15, 0.2) is 192 Å². The van der Waals surface area contributed by atoms with Crippen molar-refractivity contribution < 1.29 is 4.42 Å². The van der Waals surface area contributed by atoms with Gasteiger partial charge in [-0.3, -0.25) is 0 Å². The largest absolute Gasteiger partial charge is 0.455 e. The quantitative estimate of drug-likeness (QED) is 0.174. The Labute approximate surface area is 351 Å². The number of fused-ring (bicyclic) bond motifs is 13. The zero-order valence-corrected chi connectivity index (χ0v) is 34.0. The van der Waals surface area contributed by atoms with Crippen molar-refractivity contribution in [1.29, 1.82) is 0 Å². The number of nitrogens with zero attached hydrogens (tertiary/aromatic N) is 1. The van der Waals surface area contributed by atoms with Crippen LogP contribution in [0.3, 0.4) is 0 Å². The van der Waals surface area contributed by atoms with Crippen molar-refractivity contribution in [2.45, 2.75) is 19.3 Å². The van der Waals surface area contributed by atoms with E-state index < -0.39 is 0 Å². The third-order valence-corrected chi connectivity index (χ3v) is 14.5. The van der Waals surface area contributed by atoms with E-state index in [1.165, 1.54) is 86.5 Å². The molecule has 0 radical (unpaired) electrons. The van der Waals surface area contributed by atoms with Gasteiger partial charge in [-0.1, -0.05) is 159 Å². The molecule has 0 N–H and O–H groups in total. The number of hydrogen-bond acceptors (Lipinski definition) is 2. The monoisotopic (exact) mass is 783 g/mol. The molecule has 1 aliphatic rings. The highest BCUT2D eigenvalue weighted by atomic mass is 32.1. The minimum absolute atomic E-state index is 0.0131. The highest BCUT2D eigenvalue weighted by molar-refractivity contribution is 7.27. The van der Waals surface area contributed by atoms with Crippen molar-refractivity contribution in [3.63, 3.8) is 0 Å². The van der Waals surface area contributed by atoms with Crippen LogP contribution < -0.4 is 0 Å². The van der Waals surface area contributed by atoms with Gasteiger partial charge >= 0.3 is 0 Å². The van der Waals surface area contributed by atoms with Crippen LogP contribution in [0.5, 0.6) is 0 Å². The number of benzene rings is 9. The summed E-state index contributed by atoms with van der Waals surface area (Å²) in [6.07, 6.45) is 0. The Kier molecular flexibility index (Phi) is 6.98. The molecule has 0 aliphatic heterocycles. The second-order valence-corrected chi connectivity index (χ2v) is 17.8. The van der Waals surface area contributed by atoms with Crippen LogP contribution >= 0.6 is 11.3 Å². The maximum atomic E-state index is 6.50. The fourth-order valence-electron chi connectivity index (χ4n) is 10.3. The average Bonchev–Trinajstić information content (AvgIpc) is 4.03. The van der Waals surface area contributed by atoms with E-state index in [0.717, 1.165) is 38.8 Å². The van der Waals surface area contributed by atoms with Gasteiger partial charge < -0.3 is 8.98 Å². The molecule has 0 spiro atoms. The second-order valence-electron chi connectivity index (χ2n) is 16.8. The summed E-state index contributed by atoms with van der Waals surface area (Å²) in [5.74, 6) is 0. The van der Waals surface area contributed by atoms with Gasteiger partial charge in [0.25, 0.3) is 0 Å². The Bertz CT molecular complexity index is 3730. The second kappa shape index (κ2) is 12.4. The zero-order chi connectivity index (χ0) is 39.7. The highest BCUT2D eigenvalue weighted by Crippen LogP contribution is 2.54. The molecule has 0 atom stereocenters. The summed E-state index contributed by atoms with van der Waals surface area (Å²) in [4.78, 5) is 0. The summed E-state index contributed by atoms with van der Waals surface area (Å²) < 4.78 is 11.6. The first-order valence-electron chi connectivity index (χ1n) is 20.7. The molecule has 12 aromatic rings. The van der Waals surface area contributed by atoms with Gasteiger partial charge in [0.15, 0.2) is 0 Å². The zero-order valence-electron chi connectivity index (χ0n) is 33.2. The van der Waals surface area contributed by atoms with Crippen molar-refractivity contribution in [3.05, 3.63) is 199 Å². The summed E-state index contributed by atoms with van der Waals surface area (Å²) in [6, 6.07) is 69.1. The van der Waals surface area contributed by atoms with Gasteiger partial charge in [-0.2, -0.15) is 0 Å². The third kappa shape index (κ3) is 4.70. The Hall–Kier alpha value is -7.20. The Balaban J connectivity index is 0.939. The third-order valence-electron chi connectivity index (χ3n) is 13.2. The molecular weight excluding hydrogens is 747 g/mol. The number of thiophene rings is 1. The summed E-state index contributed by atoms with van der Waals surface area (Å²) in [7, 11) is 0. The highest BCUT2D eigenvalue weighted by Gasteiger charge is 2.36. The van der Waals surface area contributed by atoms with E-state index >= 15 is 0 Å². The lowest BCUT2D eigenvalue weighted by Gasteiger charge is -2.21. The predicted molar refractivity (Wildman–Crippen MR) is 255 cm³/mol. The topological polar surface area (TPSA) is 18.1 Å². The minimum atomic E-state index is -0.0131. The maximum absolute atomic E-state index is 6.50. The lowest BCUT2D eigenvalue weighted by Crippen LogP contribution is -2.14. The van der Waals surface area contributed by atoms with Gasteiger partial charge in [0, 0.05) is 63.9 Å². The first-order chi connectivity index (χ1) is 29.5. The SMILES string of the molecule is CC1(C)c2ccccc2-c2c1ccc1c2sc2c(-c3ccc(-c4ccc5c(c4)c4cc(-c6cccc7c6oc6ccccc67)ccc4n5-c4ccccc4)cc3)cccc21. The smallest absolute Gasteiger partial charge is 0.143 e. The first kappa shape index (κ1) is 33.7. The Morgan fingerprint density at radius 2 is 1.03 bits per heavy atom. The van der Waals surface area contributed by atoms with Crippen LogP contribution in [0.1, 0.15) is 25.0 Å². The number of rotatable bonds is 4. The number of hydrogen-bond donors (Lipinski definition) is 0. The van der Waals surface area contributed by atoms with Gasteiger partial charge in [-0.25, -0.2) is 0 Å². The van der Waals surface area contributed by atoms with E-state index in [-0.39, 0.29) is 5.41 Å². The van der Waals surface area contributed by atoms with E-state index in [2.05, 4.69) is 200 Å². The lowest BCUT2D eigenvalue weighted by molar-refractivity contribution is 0.661. The Morgan fingerprint density at radius 1 is 0.417 bits per heavy atom. The van der Waals surface area contributed by atoms with Gasteiger partial charge in [0.1, 0.15) is 11.2 Å². The fraction of sp³-hybridized carbons (Fsp3) is 0.0526. The van der Waals surface area contributed by atoms with Crippen molar-refractivity contribution in [1.82, 2.24) is 4.57 Å². The van der Waals surface area contributed by atoms with Crippen molar-refractivity contribution >= 4 is 75.3 Å². The van der Waals surface area contributed by atoms with E-state index in [1.54, 1.807) is 0 Å². The van der Waals surface area contributed by atoms with Gasteiger partial charge in [0.05, 0.1) is 11.0 Å². The molecule has 3 aromatic heterocycles.